The summed E-state index contributed by atoms with van der Waals surface area (Å²) in [7, 11) is 1.73. The van der Waals surface area contributed by atoms with Crippen LogP contribution in [0.25, 0.3) is 10.9 Å². The summed E-state index contributed by atoms with van der Waals surface area (Å²) in [6.07, 6.45) is 0. The molecule has 1 heterocycles. The van der Waals surface area contributed by atoms with Gasteiger partial charge in [0, 0.05) is 12.4 Å². The van der Waals surface area contributed by atoms with Crippen molar-refractivity contribution in [2.45, 2.75) is 0 Å². The van der Waals surface area contributed by atoms with Gasteiger partial charge in [0.05, 0.1) is 11.2 Å². The van der Waals surface area contributed by atoms with Gasteiger partial charge in [-0.05, 0) is 22.0 Å². The van der Waals surface area contributed by atoms with Gasteiger partial charge < -0.3 is 10.3 Å². The summed E-state index contributed by atoms with van der Waals surface area (Å²) >= 11 is 3.19. The zero-order chi connectivity index (χ0) is 10.3. The van der Waals surface area contributed by atoms with Crippen molar-refractivity contribution in [3.05, 3.63) is 39.1 Å². The highest BCUT2D eigenvalue weighted by atomic mass is 79.9. The van der Waals surface area contributed by atoms with Gasteiger partial charge >= 0.3 is 0 Å². The van der Waals surface area contributed by atoms with Crippen LogP contribution in [-0.4, -0.2) is 4.57 Å². The Labute approximate surface area is 89.3 Å². The molecular formula is C10H9BrN2O. The molecule has 0 atom stereocenters. The second-order valence-corrected chi connectivity index (χ2v) is 3.90. The van der Waals surface area contributed by atoms with Crippen LogP contribution >= 0.6 is 15.9 Å². The quantitative estimate of drug-likeness (QED) is 0.779. The number of nitrogens with two attached hydrogens (primary N) is 1. The Hall–Kier alpha value is -1.29. The molecule has 14 heavy (non-hydrogen) atoms. The molecule has 4 heteroatoms. The fourth-order valence-electron chi connectivity index (χ4n) is 1.48. The van der Waals surface area contributed by atoms with E-state index in [1.807, 2.05) is 24.3 Å². The van der Waals surface area contributed by atoms with Crippen LogP contribution in [0.4, 0.5) is 5.69 Å². The van der Waals surface area contributed by atoms with Crippen LogP contribution in [-0.2, 0) is 7.05 Å². The Kier molecular flexibility index (Phi) is 2.07. The first-order chi connectivity index (χ1) is 6.63. The maximum atomic E-state index is 11.6. The van der Waals surface area contributed by atoms with Crippen LogP contribution in [0, 0.1) is 0 Å². The number of pyridine rings is 1. The van der Waals surface area contributed by atoms with E-state index in [0.717, 1.165) is 10.9 Å². The Morgan fingerprint density at radius 1 is 1.36 bits per heavy atom. The Morgan fingerprint density at radius 2 is 2.00 bits per heavy atom. The molecule has 0 aliphatic heterocycles. The van der Waals surface area contributed by atoms with Crippen molar-refractivity contribution in [1.29, 1.82) is 0 Å². The van der Waals surface area contributed by atoms with Gasteiger partial charge in [-0.25, -0.2) is 0 Å². The summed E-state index contributed by atoms with van der Waals surface area (Å²) in [4.78, 5) is 11.6. The zero-order valence-corrected chi connectivity index (χ0v) is 9.21. The first-order valence-corrected chi connectivity index (χ1v) is 4.95. The van der Waals surface area contributed by atoms with Crippen molar-refractivity contribution in [3.63, 3.8) is 0 Å². The van der Waals surface area contributed by atoms with Gasteiger partial charge in [0.2, 0.25) is 0 Å². The van der Waals surface area contributed by atoms with Crippen molar-refractivity contribution in [3.8, 4) is 0 Å². The number of benzene rings is 1. The summed E-state index contributed by atoms with van der Waals surface area (Å²) in [5.41, 5.74) is 7.07. The van der Waals surface area contributed by atoms with E-state index in [1.54, 1.807) is 11.6 Å². The van der Waals surface area contributed by atoms with Crippen LogP contribution < -0.4 is 11.3 Å². The number of hydrogen-bond donors (Lipinski definition) is 1. The molecule has 0 amide bonds. The summed E-state index contributed by atoms with van der Waals surface area (Å²) in [5, 5.41) is 0.890. The minimum atomic E-state index is -0.110. The average molecular weight is 253 g/mol. The van der Waals surface area contributed by atoms with Crippen molar-refractivity contribution >= 4 is 32.5 Å². The van der Waals surface area contributed by atoms with E-state index in [0.29, 0.717) is 10.2 Å². The number of anilines is 1. The number of hydrogen-bond acceptors (Lipinski definition) is 2. The molecule has 0 spiro atoms. The second kappa shape index (κ2) is 3.13. The third kappa shape index (κ3) is 1.14. The maximum absolute atomic E-state index is 11.6. The van der Waals surface area contributed by atoms with Crippen molar-refractivity contribution in [2.75, 3.05) is 5.73 Å². The number of rotatable bonds is 0. The fraction of sp³-hybridized carbons (Fsp3) is 0.100. The topological polar surface area (TPSA) is 48.0 Å². The molecule has 0 bridgehead atoms. The van der Waals surface area contributed by atoms with E-state index in [2.05, 4.69) is 15.9 Å². The maximum Gasteiger partial charge on any atom is 0.267 e. The Morgan fingerprint density at radius 3 is 2.71 bits per heavy atom. The molecule has 0 radical (unpaired) electrons. The van der Waals surface area contributed by atoms with E-state index in [9.17, 15) is 4.79 Å². The van der Waals surface area contributed by atoms with Gasteiger partial charge in [0.15, 0.2) is 0 Å². The van der Waals surface area contributed by atoms with Crippen LogP contribution in [0.3, 0.4) is 0 Å². The molecule has 2 N–H and O–H groups in total. The number of nitrogens with zero attached hydrogens (tertiary/aromatic N) is 1. The molecule has 1 aromatic carbocycles. The molecule has 0 aliphatic carbocycles. The number of nitrogen functional groups attached to an aromatic ring is 1. The van der Waals surface area contributed by atoms with Gasteiger partial charge in [-0.3, -0.25) is 4.79 Å². The molecule has 0 unspecified atom stereocenters. The van der Waals surface area contributed by atoms with Crippen LogP contribution in [0.5, 0.6) is 0 Å². The first-order valence-electron chi connectivity index (χ1n) is 4.15. The molecular weight excluding hydrogens is 244 g/mol. The third-order valence-corrected chi connectivity index (χ3v) is 3.05. The van der Waals surface area contributed by atoms with E-state index in [1.165, 1.54) is 0 Å². The van der Waals surface area contributed by atoms with Gasteiger partial charge in [0.1, 0.15) is 4.47 Å². The Balaban J connectivity index is 3.10. The summed E-state index contributed by atoms with van der Waals surface area (Å²) in [6, 6.07) is 7.55. The van der Waals surface area contributed by atoms with E-state index < -0.39 is 0 Å². The lowest BCUT2D eigenvalue weighted by atomic mass is 10.2. The lowest BCUT2D eigenvalue weighted by Crippen LogP contribution is -2.19. The third-order valence-electron chi connectivity index (χ3n) is 2.28. The lowest BCUT2D eigenvalue weighted by Gasteiger charge is -2.08. The number of fused-ring (bicyclic) bond motifs is 1. The van der Waals surface area contributed by atoms with Crippen LogP contribution in [0.1, 0.15) is 0 Å². The first kappa shape index (κ1) is 9.27. The monoisotopic (exact) mass is 252 g/mol. The minimum Gasteiger partial charge on any atom is -0.397 e. The second-order valence-electron chi connectivity index (χ2n) is 3.11. The van der Waals surface area contributed by atoms with E-state index in [-0.39, 0.29) is 5.56 Å². The number of halogens is 1. The zero-order valence-electron chi connectivity index (χ0n) is 7.62. The molecule has 0 saturated heterocycles. The highest BCUT2D eigenvalue weighted by molar-refractivity contribution is 9.10. The molecule has 0 aliphatic rings. The Bertz CT molecular complexity index is 560. The smallest absolute Gasteiger partial charge is 0.267 e. The predicted molar refractivity (Wildman–Crippen MR) is 61.3 cm³/mol. The standard InChI is InChI=1S/C10H9BrN2O/c1-13-7-5-3-2-4-6(7)9(12)8(11)10(13)14/h2-5H,12H2,1H3. The average Bonchev–Trinajstić information content (AvgIpc) is 2.23. The summed E-state index contributed by atoms with van der Waals surface area (Å²) in [5.74, 6) is 0. The van der Waals surface area contributed by atoms with Gasteiger partial charge in [0.25, 0.3) is 5.56 Å². The molecule has 72 valence electrons. The number of para-hydroxylation sites is 1. The highest BCUT2D eigenvalue weighted by Crippen LogP contribution is 2.24. The van der Waals surface area contributed by atoms with Gasteiger partial charge in [-0.15, -0.1) is 0 Å². The molecule has 0 fully saturated rings. The largest absolute Gasteiger partial charge is 0.397 e. The van der Waals surface area contributed by atoms with Crippen molar-refractivity contribution in [2.24, 2.45) is 7.05 Å². The van der Waals surface area contributed by atoms with E-state index >= 15 is 0 Å². The van der Waals surface area contributed by atoms with Crippen LogP contribution in [0.2, 0.25) is 0 Å². The molecule has 3 nitrogen and oxygen atoms in total. The molecule has 1 aromatic heterocycles. The summed E-state index contributed by atoms with van der Waals surface area (Å²) < 4.78 is 2.01. The van der Waals surface area contributed by atoms with Crippen molar-refractivity contribution < 1.29 is 0 Å². The highest BCUT2D eigenvalue weighted by Gasteiger charge is 2.08. The lowest BCUT2D eigenvalue weighted by molar-refractivity contribution is 0.900. The molecule has 0 saturated carbocycles. The van der Waals surface area contributed by atoms with E-state index in [4.69, 9.17) is 5.73 Å². The fourth-order valence-corrected chi connectivity index (χ4v) is 1.96. The predicted octanol–water partition coefficient (Wildman–Crippen LogP) is 1.88. The number of aromatic nitrogens is 1. The normalized spacial score (nSPS) is 10.7. The molecule has 2 rings (SSSR count). The van der Waals surface area contributed by atoms with Gasteiger partial charge in [-0.2, -0.15) is 0 Å². The van der Waals surface area contributed by atoms with Crippen molar-refractivity contribution in [1.82, 2.24) is 4.57 Å². The summed E-state index contributed by atoms with van der Waals surface area (Å²) in [6.45, 7) is 0. The number of aryl methyl sites for hydroxylation is 1. The minimum absolute atomic E-state index is 0.110. The molecule has 2 aromatic rings. The van der Waals surface area contributed by atoms with Crippen LogP contribution in [0.15, 0.2) is 33.5 Å². The van der Waals surface area contributed by atoms with Gasteiger partial charge in [-0.1, -0.05) is 18.2 Å². The SMILES string of the molecule is Cn1c(=O)c(Br)c(N)c2ccccc21.